The van der Waals surface area contributed by atoms with Crippen LogP contribution < -0.4 is 5.32 Å². The molecule has 0 saturated carbocycles. The number of aromatic nitrogens is 1. The third-order valence-electron chi connectivity index (χ3n) is 6.02. The summed E-state index contributed by atoms with van der Waals surface area (Å²) in [7, 11) is 0.493. The second kappa shape index (κ2) is 8.32. The Labute approximate surface area is 162 Å². The van der Waals surface area contributed by atoms with Gasteiger partial charge in [-0.1, -0.05) is 6.42 Å². The molecule has 0 bridgehead atoms. The van der Waals surface area contributed by atoms with E-state index in [1.807, 2.05) is 17.7 Å². The Morgan fingerprint density at radius 2 is 1.96 bits per heavy atom. The van der Waals surface area contributed by atoms with Gasteiger partial charge in [0.25, 0.3) is 5.91 Å². The Hall–Kier alpha value is -1.38. The summed E-state index contributed by atoms with van der Waals surface area (Å²) >= 11 is 0. The zero-order valence-corrected chi connectivity index (χ0v) is 17.5. The van der Waals surface area contributed by atoms with Crippen LogP contribution in [0.25, 0.3) is 0 Å². The molecule has 2 aliphatic rings. The second-order valence-corrected chi connectivity index (χ2v) is 9.90. The number of nitrogens with zero attached hydrogens (tertiary/aromatic N) is 3. The minimum Gasteiger partial charge on any atom is -0.354 e. The zero-order chi connectivity index (χ0) is 19.6. The van der Waals surface area contributed by atoms with Crippen molar-refractivity contribution >= 4 is 15.9 Å². The molecule has 0 unspecified atom stereocenters. The van der Waals surface area contributed by atoms with Gasteiger partial charge in [-0.15, -0.1) is 0 Å². The van der Waals surface area contributed by atoms with Crippen LogP contribution >= 0.6 is 0 Å². The lowest BCUT2D eigenvalue weighted by Gasteiger charge is -2.40. The summed E-state index contributed by atoms with van der Waals surface area (Å²) in [5.74, 6) is 0.301. The van der Waals surface area contributed by atoms with Gasteiger partial charge in [-0.3, -0.25) is 9.69 Å². The number of hydrogen-bond donors (Lipinski definition) is 1. The van der Waals surface area contributed by atoms with Crippen molar-refractivity contribution < 1.29 is 13.2 Å². The smallest absolute Gasteiger partial charge is 0.267 e. The van der Waals surface area contributed by atoms with Crippen LogP contribution in [-0.2, 0) is 17.1 Å². The number of piperidine rings is 2. The van der Waals surface area contributed by atoms with Crippen LogP contribution in [0.15, 0.2) is 12.1 Å². The lowest BCUT2D eigenvalue weighted by molar-refractivity contribution is 0.0944. The van der Waals surface area contributed by atoms with Crippen molar-refractivity contribution in [3.63, 3.8) is 0 Å². The van der Waals surface area contributed by atoms with Crippen LogP contribution in [0.3, 0.4) is 0 Å². The Morgan fingerprint density at radius 3 is 2.67 bits per heavy atom. The number of rotatable bonds is 5. The van der Waals surface area contributed by atoms with Crippen molar-refractivity contribution in [3.8, 4) is 0 Å². The number of likely N-dealkylation sites (tertiary alicyclic amines) is 1. The highest BCUT2D eigenvalue weighted by molar-refractivity contribution is 7.88. The van der Waals surface area contributed by atoms with E-state index in [0.717, 1.165) is 32.4 Å². The molecule has 0 aromatic carbocycles. The van der Waals surface area contributed by atoms with Crippen LogP contribution in [0, 0.1) is 5.92 Å². The summed E-state index contributed by atoms with van der Waals surface area (Å²) < 4.78 is 27.5. The molecule has 0 spiro atoms. The first-order valence-corrected chi connectivity index (χ1v) is 11.7. The van der Waals surface area contributed by atoms with Crippen LogP contribution in [-0.4, -0.2) is 67.6 Å². The molecule has 27 heavy (non-hydrogen) atoms. The van der Waals surface area contributed by atoms with Crippen LogP contribution in [0.4, 0.5) is 0 Å². The lowest BCUT2D eigenvalue weighted by atomic mass is 9.94. The largest absolute Gasteiger partial charge is 0.354 e. The molecule has 2 fully saturated rings. The van der Waals surface area contributed by atoms with Gasteiger partial charge in [-0.05, 0) is 50.3 Å². The van der Waals surface area contributed by atoms with Gasteiger partial charge < -0.3 is 9.88 Å². The summed E-state index contributed by atoms with van der Waals surface area (Å²) in [6, 6.07) is 4.25. The van der Waals surface area contributed by atoms with Gasteiger partial charge in [0.15, 0.2) is 0 Å². The highest BCUT2D eigenvalue weighted by Gasteiger charge is 2.32. The molecule has 3 rings (SSSR count). The van der Waals surface area contributed by atoms with Crippen LogP contribution in [0.2, 0.25) is 0 Å². The topological polar surface area (TPSA) is 74.7 Å². The first-order valence-electron chi connectivity index (χ1n) is 9.88. The van der Waals surface area contributed by atoms with E-state index in [9.17, 15) is 13.2 Å². The van der Waals surface area contributed by atoms with Crippen molar-refractivity contribution in [1.82, 2.24) is 19.1 Å². The number of carbonyl (C=O) groups is 1. The summed E-state index contributed by atoms with van der Waals surface area (Å²) in [6.45, 7) is 3.21. The number of sulfonamides is 1. The third kappa shape index (κ3) is 4.55. The fourth-order valence-electron chi connectivity index (χ4n) is 4.57. The fourth-order valence-corrected chi connectivity index (χ4v) is 5.51. The van der Waals surface area contributed by atoms with E-state index in [0.29, 0.717) is 24.7 Å². The third-order valence-corrected chi connectivity index (χ3v) is 7.29. The van der Waals surface area contributed by atoms with Gasteiger partial charge in [0.05, 0.1) is 12.3 Å². The molecule has 7 nitrogen and oxygen atoms in total. The number of carbonyl (C=O) groups excluding carboxylic acids is 1. The number of nitrogens with one attached hydrogen (secondary N) is 1. The van der Waals surface area contributed by atoms with Crippen molar-refractivity contribution in [3.05, 3.63) is 23.5 Å². The van der Waals surface area contributed by atoms with E-state index in [1.54, 1.807) is 11.4 Å². The van der Waals surface area contributed by atoms with E-state index in [4.69, 9.17) is 0 Å². The second-order valence-electron chi connectivity index (χ2n) is 7.92. The normalized spacial score (nSPS) is 25.4. The number of amides is 1. The van der Waals surface area contributed by atoms with Gasteiger partial charge in [-0.25, -0.2) is 12.7 Å². The highest BCUT2D eigenvalue weighted by Crippen LogP contribution is 2.33. The average molecular weight is 397 g/mol. The van der Waals surface area contributed by atoms with Gasteiger partial charge in [-0.2, -0.15) is 0 Å². The van der Waals surface area contributed by atoms with E-state index in [2.05, 4.69) is 16.3 Å². The molecular weight excluding hydrogens is 364 g/mol. The molecule has 0 radical (unpaired) electrons. The molecule has 2 atom stereocenters. The minimum atomic E-state index is -3.11. The van der Waals surface area contributed by atoms with Gasteiger partial charge in [0.2, 0.25) is 10.0 Å². The Balaban J connectivity index is 1.74. The van der Waals surface area contributed by atoms with Crippen molar-refractivity contribution in [2.45, 2.75) is 38.1 Å². The SMILES string of the molecule is CNC(=O)c1ccc([C@@H]2CCCCN2C[C@@H]2CCCN(S(C)(=O)=O)C2)n1C. The number of hydrogen-bond acceptors (Lipinski definition) is 4. The molecule has 1 aromatic rings. The predicted molar refractivity (Wildman–Crippen MR) is 106 cm³/mol. The first kappa shape index (κ1) is 20.4. The monoisotopic (exact) mass is 396 g/mol. The zero-order valence-electron chi connectivity index (χ0n) is 16.6. The maximum absolute atomic E-state index is 12.1. The molecule has 1 N–H and O–H groups in total. The van der Waals surface area contributed by atoms with Gasteiger partial charge in [0, 0.05) is 39.4 Å². The molecule has 1 amide bonds. The van der Waals surface area contributed by atoms with Gasteiger partial charge in [0.1, 0.15) is 5.69 Å². The standard InChI is InChI=1S/C19H32N4O3S/c1-20-19(24)18-10-9-16(21(18)2)17-8-4-5-11-22(17)13-15-7-6-12-23(14-15)27(3,25)26/h9-10,15,17H,4-8,11-14H2,1-3H3,(H,20,24)/t15-,17-/m0/s1. The van der Waals surface area contributed by atoms with Crippen LogP contribution in [0.1, 0.15) is 54.3 Å². The summed E-state index contributed by atoms with van der Waals surface area (Å²) in [4.78, 5) is 14.6. The molecule has 152 valence electrons. The summed E-state index contributed by atoms with van der Waals surface area (Å²) in [5, 5.41) is 2.70. The predicted octanol–water partition coefficient (Wildman–Crippen LogP) is 1.58. The lowest BCUT2D eigenvalue weighted by Crippen LogP contribution is -2.45. The van der Waals surface area contributed by atoms with E-state index < -0.39 is 10.0 Å². The first-order chi connectivity index (χ1) is 12.8. The maximum atomic E-state index is 12.1. The van der Waals surface area contributed by atoms with E-state index in [1.165, 1.54) is 24.8 Å². The Bertz CT molecular complexity index is 774. The molecule has 3 heterocycles. The molecule has 2 saturated heterocycles. The highest BCUT2D eigenvalue weighted by atomic mass is 32.2. The molecule has 2 aliphatic heterocycles. The van der Waals surface area contributed by atoms with Crippen molar-refractivity contribution in [2.75, 3.05) is 39.5 Å². The Morgan fingerprint density at radius 1 is 1.19 bits per heavy atom. The molecule has 0 aliphatic carbocycles. The van der Waals surface area contributed by atoms with Crippen molar-refractivity contribution in [2.24, 2.45) is 13.0 Å². The summed E-state index contributed by atoms with van der Waals surface area (Å²) in [5.41, 5.74) is 1.85. The average Bonchev–Trinajstić information content (AvgIpc) is 3.02. The van der Waals surface area contributed by atoms with E-state index in [-0.39, 0.29) is 11.9 Å². The van der Waals surface area contributed by atoms with Crippen molar-refractivity contribution in [1.29, 1.82) is 0 Å². The fraction of sp³-hybridized carbons (Fsp3) is 0.737. The molecule has 1 aromatic heterocycles. The van der Waals surface area contributed by atoms with E-state index >= 15 is 0 Å². The van der Waals surface area contributed by atoms with Gasteiger partial charge >= 0.3 is 0 Å². The quantitative estimate of drug-likeness (QED) is 0.820. The summed E-state index contributed by atoms with van der Waals surface area (Å²) in [6.07, 6.45) is 6.75. The van der Waals surface area contributed by atoms with Crippen LogP contribution in [0.5, 0.6) is 0 Å². The minimum absolute atomic E-state index is 0.0674. The Kier molecular flexibility index (Phi) is 6.28. The molecule has 8 heteroatoms. The maximum Gasteiger partial charge on any atom is 0.267 e. The molecular formula is C19H32N4O3S.